The first-order valence-electron chi connectivity index (χ1n) is 8.87. The molecule has 0 spiro atoms. The molecule has 1 amide bonds. The van der Waals surface area contributed by atoms with E-state index in [1.165, 1.54) is 4.90 Å². The van der Waals surface area contributed by atoms with E-state index < -0.39 is 12.1 Å². The van der Waals surface area contributed by atoms with Gasteiger partial charge in [0.1, 0.15) is 5.58 Å². The van der Waals surface area contributed by atoms with Gasteiger partial charge in [-0.2, -0.15) is 0 Å². The summed E-state index contributed by atoms with van der Waals surface area (Å²) in [5.74, 6) is -0.740. The summed E-state index contributed by atoms with van der Waals surface area (Å²) in [6, 6.07) is 13.2. The fourth-order valence-corrected chi connectivity index (χ4v) is 3.02. The molecule has 5 nitrogen and oxygen atoms in total. The van der Waals surface area contributed by atoms with Crippen molar-refractivity contribution in [1.29, 1.82) is 0 Å². The Labute approximate surface area is 158 Å². The molecule has 3 rings (SSSR count). The molecule has 5 heteroatoms. The van der Waals surface area contributed by atoms with Gasteiger partial charge in [0.25, 0.3) is 5.91 Å². The Balaban J connectivity index is 1.67. The van der Waals surface area contributed by atoms with Crippen molar-refractivity contribution in [2.75, 3.05) is 11.9 Å². The van der Waals surface area contributed by atoms with Crippen LogP contribution in [0.3, 0.4) is 0 Å². The van der Waals surface area contributed by atoms with Crippen molar-refractivity contribution in [3.8, 4) is 0 Å². The number of nitrogens with zero attached hydrogens (tertiary/aromatic N) is 1. The number of fused-ring (bicyclic) bond motifs is 1. The lowest BCUT2D eigenvalue weighted by Crippen LogP contribution is -2.37. The maximum atomic E-state index is 12.5. The van der Waals surface area contributed by atoms with Gasteiger partial charge in [-0.25, -0.2) is 0 Å². The molecule has 1 heterocycles. The number of para-hydroxylation sites is 1. The molecule has 0 aliphatic heterocycles. The van der Waals surface area contributed by atoms with Crippen molar-refractivity contribution in [1.82, 2.24) is 0 Å². The normalized spacial score (nSPS) is 12.0. The van der Waals surface area contributed by atoms with E-state index in [0.29, 0.717) is 0 Å². The zero-order chi connectivity index (χ0) is 19.6. The standard InChI is InChI=1S/C22H23NO4/c1-14-10-11-19-17(13-26-21(19)15(14)2)12-20(24)27-16(3)22(25)23(4)18-8-6-5-7-9-18/h5-11,13,16H,12H2,1-4H3/t16-/m0/s1. The quantitative estimate of drug-likeness (QED) is 0.636. The zero-order valence-electron chi connectivity index (χ0n) is 16.0. The third-order valence-electron chi connectivity index (χ3n) is 4.81. The lowest BCUT2D eigenvalue weighted by Gasteiger charge is -2.21. The Kier molecular flexibility index (Phi) is 5.31. The predicted octanol–water partition coefficient (Wildman–Crippen LogP) is 4.19. The number of hydrogen-bond acceptors (Lipinski definition) is 4. The maximum absolute atomic E-state index is 12.5. The molecule has 0 radical (unpaired) electrons. The van der Waals surface area contributed by atoms with Crippen LogP contribution in [0.25, 0.3) is 11.0 Å². The Morgan fingerprint density at radius 1 is 1.11 bits per heavy atom. The fraction of sp³-hybridized carbons (Fsp3) is 0.273. The van der Waals surface area contributed by atoms with E-state index in [9.17, 15) is 9.59 Å². The third kappa shape index (κ3) is 3.87. The number of esters is 1. The van der Waals surface area contributed by atoms with Crippen molar-refractivity contribution in [3.05, 3.63) is 65.4 Å². The highest BCUT2D eigenvalue weighted by molar-refractivity contribution is 5.97. The molecule has 0 fully saturated rings. The number of amides is 1. The predicted molar refractivity (Wildman–Crippen MR) is 105 cm³/mol. The summed E-state index contributed by atoms with van der Waals surface area (Å²) >= 11 is 0. The van der Waals surface area contributed by atoms with Gasteiger partial charge in [0.2, 0.25) is 0 Å². The highest BCUT2D eigenvalue weighted by Gasteiger charge is 2.23. The highest BCUT2D eigenvalue weighted by Crippen LogP contribution is 2.27. The monoisotopic (exact) mass is 365 g/mol. The van der Waals surface area contributed by atoms with E-state index in [0.717, 1.165) is 33.3 Å². The first-order valence-corrected chi connectivity index (χ1v) is 8.87. The van der Waals surface area contributed by atoms with Crippen molar-refractivity contribution < 1.29 is 18.7 Å². The van der Waals surface area contributed by atoms with Crippen LogP contribution in [-0.2, 0) is 20.7 Å². The molecule has 0 saturated carbocycles. The lowest BCUT2D eigenvalue weighted by atomic mass is 10.0. The van der Waals surface area contributed by atoms with Crippen LogP contribution in [0.4, 0.5) is 5.69 Å². The summed E-state index contributed by atoms with van der Waals surface area (Å²) in [6.07, 6.45) is 0.771. The van der Waals surface area contributed by atoms with E-state index >= 15 is 0 Å². The average Bonchev–Trinajstić information content (AvgIpc) is 3.07. The third-order valence-corrected chi connectivity index (χ3v) is 4.81. The van der Waals surface area contributed by atoms with Crippen molar-refractivity contribution in [2.24, 2.45) is 0 Å². The van der Waals surface area contributed by atoms with E-state index in [-0.39, 0.29) is 12.3 Å². The van der Waals surface area contributed by atoms with E-state index in [4.69, 9.17) is 9.15 Å². The van der Waals surface area contributed by atoms with Crippen LogP contribution in [0.1, 0.15) is 23.6 Å². The molecule has 0 unspecified atom stereocenters. The first-order chi connectivity index (χ1) is 12.9. The minimum atomic E-state index is -0.871. The van der Waals surface area contributed by atoms with Crippen molar-refractivity contribution in [3.63, 3.8) is 0 Å². The molecule has 3 aromatic rings. The summed E-state index contributed by atoms with van der Waals surface area (Å²) in [5, 5.41) is 0.899. The van der Waals surface area contributed by atoms with Gasteiger partial charge in [0.15, 0.2) is 6.10 Å². The van der Waals surface area contributed by atoms with Gasteiger partial charge in [0, 0.05) is 23.7 Å². The molecule has 1 aromatic heterocycles. The zero-order valence-corrected chi connectivity index (χ0v) is 16.0. The summed E-state index contributed by atoms with van der Waals surface area (Å²) in [5.41, 5.74) is 4.48. The van der Waals surface area contributed by atoms with Gasteiger partial charge < -0.3 is 14.1 Å². The molecule has 27 heavy (non-hydrogen) atoms. The van der Waals surface area contributed by atoms with Crippen LogP contribution in [0, 0.1) is 13.8 Å². The van der Waals surface area contributed by atoms with Crippen LogP contribution in [0.2, 0.25) is 0 Å². The smallest absolute Gasteiger partial charge is 0.311 e. The van der Waals surface area contributed by atoms with Crippen LogP contribution in [0.15, 0.2) is 53.1 Å². The largest absolute Gasteiger partial charge is 0.464 e. The molecule has 0 N–H and O–H groups in total. The van der Waals surface area contributed by atoms with Gasteiger partial charge in [-0.05, 0) is 44.0 Å². The molecule has 0 bridgehead atoms. The molecule has 1 atom stereocenters. The first kappa shape index (κ1) is 18.7. The van der Waals surface area contributed by atoms with E-state index in [1.54, 1.807) is 20.2 Å². The summed E-state index contributed by atoms with van der Waals surface area (Å²) in [4.78, 5) is 26.3. The molecular weight excluding hydrogens is 342 g/mol. The minimum Gasteiger partial charge on any atom is -0.464 e. The Bertz CT molecular complexity index is 975. The van der Waals surface area contributed by atoms with Gasteiger partial charge in [-0.3, -0.25) is 9.59 Å². The van der Waals surface area contributed by atoms with Gasteiger partial charge in [0.05, 0.1) is 12.7 Å². The van der Waals surface area contributed by atoms with Crippen LogP contribution in [0.5, 0.6) is 0 Å². The lowest BCUT2D eigenvalue weighted by molar-refractivity contribution is -0.153. The second kappa shape index (κ2) is 7.66. The van der Waals surface area contributed by atoms with Gasteiger partial charge in [-0.1, -0.05) is 30.3 Å². The van der Waals surface area contributed by atoms with E-state index in [1.807, 2.05) is 56.3 Å². The molecule has 140 valence electrons. The number of rotatable bonds is 5. The van der Waals surface area contributed by atoms with Crippen molar-refractivity contribution >= 4 is 28.5 Å². The van der Waals surface area contributed by atoms with Crippen LogP contribution < -0.4 is 4.90 Å². The summed E-state index contributed by atoms with van der Waals surface area (Å²) < 4.78 is 11.0. The number of ether oxygens (including phenoxy) is 1. The molecule has 0 aliphatic rings. The van der Waals surface area contributed by atoms with Gasteiger partial charge >= 0.3 is 5.97 Å². The maximum Gasteiger partial charge on any atom is 0.311 e. The number of likely N-dealkylation sites (N-methyl/N-ethyl adjacent to an activating group) is 1. The van der Waals surface area contributed by atoms with Crippen molar-refractivity contribution in [2.45, 2.75) is 33.3 Å². The fourth-order valence-electron chi connectivity index (χ4n) is 3.02. The number of carbonyl (C=O) groups is 2. The van der Waals surface area contributed by atoms with E-state index in [2.05, 4.69) is 0 Å². The number of carbonyl (C=O) groups excluding carboxylic acids is 2. The topological polar surface area (TPSA) is 59.8 Å². The Morgan fingerprint density at radius 3 is 2.52 bits per heavy atom. The van der Waals surface area contributed by atoms with Crippen LogP contribution >= 0.6 is 0 Å². The second-order valence-corrected chi connectivity index (χ2v) is 6.69. The second-order valence-electron chi connectivity index (χ2n) is 6.69. The highest BCUT2D eigenvalue weighted by atomic mass is 16.5. The number of furan rings is 1. The van der Waals surface area contributed by atoms with Gasteiger partial charge in [-0.15, -0.1) is 0 Å². The molecule has 2 aromatic carbocycles. The molecular formula is C22H23NO4. The van der Waals surface area contributed by atoms with Crippen LogP contribution in [-0.4, -0.2) is 25.0 Å². The Hall–Kier alpha value is -3.08. The molecule has 0 aliphatic carbocycles. The SMILES string of the molecule is Cc1ccc2c(CC(=O)O[C@@H](C)C(=O)N(C)c3ccccc3)coc2c1C. The number of anilines is 1. The average molecular weight is 365 g/mol. The minimum absolute atomic E-state index is 0.0577. The Morgan fingerprint density at radius 2 is 1.81 bits per heavy atom. The number of benzene rings is 2. The molecule has 0 saturated heterocycles. The summed E-state index contributed by atoms with van der Waals surface area (Å²) in [7, 11) is 1.66. The summed E-state index contributed by atoms with van der Waals surface area (Å²) in [6.45, 7) is 5.59. The number of aryl methyl sites for hydroxylation is 2. The number of hydrogen-bond donors (Lipinski definition) is 0.